The number of carbonyl (C=O) groups excluding carboxylic acids is 1. The van der Waals surface area contributed by atoms with Gasteiger partial charge in [-0.1, -0.05) is 43.0 Å². The maximum atomic E-state index is 13.1. The third-order valence-electron chi connectivity index (χ3n) is 6.18. The van der Waals surface area contributed by atoms with Gasteiger partial charge in [0.2, 0.25) is 0 Å². The lowest BCUT2D eigenvalue weighted by molar-refractivity contribution is -0.148. The number of benzene rings is 1. The van der Waals surface area contributed by atoms with Crippen LogP contribution in [0.1, 0.15) is 63.0 Å². The average Bonchev–Trinajstić information content (AvgIpc) is 3.14. The first-order valence-electron chi connectivity index (χ1n) is 10.6. The number of piperidine rings is 1. The first-order chi connectivity index (χ1) is 13.3. The van der Waals surface area contributed by atoms with E-state index in [1.54, 1.807) is 0 Å². The van der Waals surface area contributed by atoms with Crippen molar-refractivity contribution in [1.82, 2.24) is 10.1 Å². The molecule has 0 bridgehead atoms. The van der Waals surface area contributed by atoms with Crippen LogP contribution in [0.2, 0.25) is 0 Å². The quantitative estimate of drug-likeness (QED) is 0.700. The molecule has 0 radical (unpaired) electrons. The molecule has 27 heavy (non-hydrogen) atoms. The second-order valence-corrected chi connectivity index (χ2v) is 8.01. The number of hydrogen-bond donors (Lipinski definition) is 0. The molecule has 4 rings (SSSR count). The summed E-state index contributed by atoms with van der Waals surface area (Å²) in [5.41, 5.74) is 1.51. The highest BCUT2D eigenvalue weighted by Gasteiger charge is 2.36. The fraction of sp³-hybridized carbons (Fsp3) is 0.636. The predicted molar refractivity (Wildman–Crippen MR) is 105 cm³/mol. The summed E-state index contributed by atoms with van der Waals surface area (Å²) in [6, 6.07) is 7.82. The Labute approximate surface area is 161 Å². The maximum Gasteiger partial charge on any atom is 0.315 e. The predicted octanol–water partition coefficient (Wildman–Crippen LogP) is 4.52. The highest BCUT2D eigenvalue weighted by Crippen LogP contribution is 2.39. The Kier molecular flexibility index (Phi) is 6.07. The number of para-hydroxylation sites is 1. The lowest BCUT2D eigenvalue weighted by Crippen LogP contribution is -2.34. The van der Waals surface area contributed by atoms with Crippen LogP contribution in [0, 0.1) is 5.92 Å². The molecule has 0 spiro atoms. The zero-order chi connectivity index (χ0) is 18.5. The molecule has 2 heterocycles. The Hall–Kier alpha value is -1.88. The van der Waals surface area contributed by atoms with Crippen LogP contribution >= 0.6 is 0 Å². The number of esters is 1. The molecule has 5 heteroatoms. The molecule has 1 saturated carbocycles. The summed E-state index contributed by atoms with van der Waals surface area (Å²) in [4.78, 5) is 15.5. The van der Waals surface area contributed by atoms with Gasteiger partial charge < -0.3 is 9.26 Å². The lowest BCUT2D eigenvalue weighted by atomic mass is 9.78. The highest BCUT2D eigenvalue weighted by molar-refractivity contribution is 5.87. The van der Waals surface area contributed by atoms with Crippen LogP contribution in [0.25, 0.3) is 11.0 Å². The molecular formula is C22H30N2O3. The molecule has 1 unspecified atom stereocenters. The Bertz CT molecular complexity index is 745. The van der Waals surface area contributed by atoms with Crippen LogP contribution in [0.5, 0.6) is 0 Å². The summed E-state index contributed by atoms with van der Waals surface area (Å²) < 4.78 is 11.3. The van der Waals surface area contributed by atoms with Crippen molar-refractivity contribution in [3.05, 3.63) is 30.0 Å². The monoisotopic (exact) mass is 370 g/mol. The number of hydrogen-bond acceptors (Lipinski definition) is 5. The van der Waals surface area contributed by atoms with Crippen LogP contribution < -0.4 is 0 Å². The van der Waals surface area contributed by atoms with E-state index < -0.39 is 0 Å². The molecule has 5 nitrogen and oxygen atoms in total. The van der Waals surface area contributed by atoms with Crippen molar-refractivity contribution in [2.75, 3.05) is 26.2 Å². The number of fused-ring (bicyclic) bond motifs is 1. The maximum absolute atomic E-state index is 13.1. The van der Waals surface area contributed by atoms with E-state index in [4.69, 9.17) is 9.26 Å². The molecule has 1 aromatic heterocycles. The third kappa shape index (κ3) is 4.34. The smallest absolute Gasteiger partial charge is 0.315 e. The summed E-state index contributed by atoms with van der Waals surface area (Å²) in [5, 5.41) is 5.25. The molecule has 2 aliphatic rings. The molecule has 1 aliphatic carbocycles. The SMILES string of the molecule is O=C(OCCN1CCCCC1)C(c1noc2ccccc12)C1CCCCC1. The number of carbonyl (C=O) groups is 1. The van der Waals surface area contributed by atoms with E-state index in [2.05, 4.69) is 10.1 Å². The van der Waals surface area contributed by atoms with E-state index in [0.29, 0.717) is 12.5 Å². The fourth-order valence-electron chi connectivity index (χ4n) is 4.67. The van der Waals surface area contributed by atoms with Crippen molar-refractivity contribution in [2.24, 2.45) is 5.92 Å². The summed E-state index contributed by atoms with van der Waals surface area (Å²) in [5.74, 6) is -0.136. The zero-order valence-corrected chi connectivity index (χ0v) is 16.1. The van der Waals surface area contributed by atoms with Gasteiger partial charge in [-0.15, -0.1) is 0 Å². The molecule has 2 fully saturated rings. The summed E-state index contributed by atoms with van der Waals surface area (Å²) in [6.45, 7) is 3.55. The molecule has 1 aliphatic heterocycles. The Morgan fingerprint density at radius 3 is 2.67 bits per heavy atom. The molecule has 146 valence electrons. The molecule has 0 amide bonds. The van der Waals surface area contributed by atoms with Crippen LogP contribution in [-0.4, -0.2) is 42.3 Å². The second kappa shape index (κ2) is 8.87. The van der Waals surface area contributed by atoms with E-state index >= 15 is 0 Å². The van der Waals surface area contributed by atoms with Gasteiger partial charge in [-0.05, 0) is 56.8 Å². The topological polar surface area (TPSA) is 55.6 Å². The fourth-order valence-corrected chi connectivity index (χ4v) is 4.67. The van der Waals surface area contributed by atoms with E-state index in [-0.39, 0.29) is 11.9 Å². The molecule has 1 saturated heterocycles. The molecule has 1 atom stereocenters. The normalized spacial score (nSPS) is 20.6. The summed E-state index contributed by atoms with van der Waals surface area (Å²) >= 11 is 0. The first-order valence-corrected chi connectivity index (χ1v) is 10.6. The molecule has 2 aromatic rings. The van der Waals surface area contributed by atoms with Crippen molar-refractivity contribution in [2.45, 2.75) is 57.3 Å². The van der Waals surface area contributed by atoms with Gasteiger partial charge in [0.05, 0.1) is 0 Å². The van der Waals surface area contributed by atoms with Crippen molar-refractivity contribution < 1.29 is 14.1 Å². The summed E-state index contributed by atoms with van der Waals surface area (Å²) in [7, 11) is 0. The van der Waals surface area contributed by atoms with E-state index in [1.807, 2.05) is 24.3 Å². The molecule has 1 aromatic carbocycles. The van der Waals surface area contributed by atoms with Gasteiger partial charge in [0.1, 0.15) is 18.2 Å². The van der Waals surface area contributed by atoms with Gasteiger partial charge in [0, 0.05) is 11.9 Å². The van der Waals surface area contributed by atoms with Crippen molar-refractivity contribution >= 4 is 16.9 Å². The largest absolute Gasteiger partial charge is 0.464 e. The minimum Gasteiger partial charge on any atom is -0.464 e. The highest BCUT2D eigenvalue weighted by atomic mass is 16.5. The standard InChI is InChI=1S/C22H30N2O3/c25-22(26-16-15-24-13-7-2-8-14-24)20(17-9-3-1-4-10-17)21-18-11-5-6-12-19(18)27-23-21/h5-6,11-12,17,20H,1-4,7-10,13-16H2. The second-order valence-electron chi connectivity index (χ2n) is 8.01. The number of rotatable bonds is 6. The van der Waals surface area contributed by atoms with Gasteiger partial charge >= 0.3 is 5.97 Å². The Morgan fingerprint density at radius 2 is 1.85 bits per heavy atom. The van der Waals surface area contributed by atoms with E-state index in [9.17, 15) is 4.79 Å². The number of nitrogens with zero attached hydrogens (tertiary/aromatic N) is 2. The van der Waals surface area contributed by atoms with E-state index in [1.165, 1.54) is 38.5 Å². The van der Waals surface area contributed by atoms with Crippen molar-refractivity contribution in [1.29, 1.82) is 0 Å². The number of ether oxygens (including phenoxy) is 1. The average molecular weight is 370 g/mol. The van der Waals surface area contributed by atoms with Gasteiger partial charge in [-0.25, -0.2) is 0 Å². The van der Waals surface area contributed by atoms with Crippen LogP contribution in [-0.2, 0) is 9.53 Å². The van der Waals surface area contributed by atoms with Crippen molar-refractivity contribution in [3.63, 3.8) is 0 Å². The lowest BCUT2D eigenvalue weighted by Gasteiger charge is -2.29. The van der Waals surface area contributed by atoms with Gasteiger partial charge in [0.25, 0.3) is 0 Å². The first kappa shape index (κ1) is 18.5. The molecule has 0 N–H and O–H groups in total. The minimum atomic E-state index is -0.310. The van der Waals surface area contributed by atoms with Crippen LogP contribution in [0.4, 0.5) is 0 Å². The van der Waals surface area contributed by atoms with Gasteiger partial charge in [-0.3, -0.25) is 9.69 Å². The minimum absolute atomic E-state index is 0.127. The van der Waals surface area contributed by atoms with Gasteiger partial charge in [-0.2, -0.15) is 0 Å². The van der Waals surface area contributed by atoms with E-state index in [0.717, 1.165) is 49.1 Å². The number of aromatic nitrogens is 1. The van der Waals surface area contributed by atoms with Crippen molar-refractivity contribution in [3.8, 4) is 0 Å². The van der Waals surface area contributed by atoms with Gasteiger partial charge in [0.15, 0.2) is 5.58 Å². The Morgan fingerprint density at radius 1 is 1.11 bits per heavy atom. The van der Waals surface area contributed by atoms with Crippen LogP contribution in [0.3, 0.4) is 0 Å². The van der Waals surface area contributed by atoms with Crippen LogP contribution in [0.15, 0.2) is 28.8 Å². The molecular weight excluding hydrogens is 340 g/mol. The Balaban J connectivity index is 1.48. The third-order valence-corrected chi connectivity index (χ3v) is 6.18. The number of likely N-dealkylation sites (tertiary alicyclic amines) is 1. The summed E-state index contributed by atoms with van der Waals surface area (Å²) in [6.07, 6.45) is 9.56. The zero-order valence-electron chi connectivity index (χ0n) is 16.1.